The van der Waals surface area contributed by atoms with E-state index in [9.17, 15) is 0 Å². The largest absolute Gasteiger partial charge is 0.513 e. The van der Waals surface area contributed by atoms with Crippen molar-refractivity contribution < 1.29 is 5.11 Å². The zero-order valence-electron chi connectivity index (χ0n) is 6.56. The van der Waals surface area contributed by atoms with Crippen LogP contribution in [0, 0.1) is 11.3 Å². The first-order chi connectivity index (χ1) is 5.11. The van der Waals surface area contributed by atoms with Crippen LogP contribution in [-0.4, -0.2) is 5.11 Å². The number of aliphatic hydroxyl groups excluding tert-OH is 1. The molecule has 1 N–H and O–H groups in total. The van der Waals surface area contributed by atoms with Gasteiger partial charge in [0.15, 0.2) is 0 Å². The van der Waals surface area contributed by atoms with Crippen molar-refractivity contribution >= 4 is 15.9 Å². The Bertz CT molecular complexity index is 231. The van der Waals surface area contributed by atoms with Crippen LogP contribution in [0.15, 0.2) is 21.9 Å². The Kier molecular flexibility index (Phi) is 4.64. The van der Waals surface area contributed by atoms with E-state index in [1.54, 1.807) is 0 Å². The summed E-state index contributed by atoms with van der Waals surface area (Å²) in [5.41, 5.74) is 0.479. The van der Waals surface area contributed by atoms with Gasteiger partial charge >= 0.3 is 0 Å². The van der Waals surface area contributed by atoms with Gasteiger partial charge in [-0.05, 0) is 19.4 Å². The second-order valence-corrected chi connectivity index (χ2v) is 3.03. The standard InChI is InChI=1S/C8H10BrNO/c1-3-8(9)7(5-10)4-6(2)11/h4,11H,3H2,1-2H3/b6-4+,8-7-. The fourth-order valence-corrected chi connectivity index (χ4v) is 0.774. The molecule has 0 atom stereocenters. The first-order valence-corrected chi connectivity index (χ1v) is 4.07. The van der Waals surface area contributed by atoms with Crippen LogP contribution in [0.1, 0.15) is 20.3 Å². The molecule has 0 aliphatic heterocycles. The average Bonchev–Trinajstić information content (AvgIpc) is 1.98. The van der Waals surface area contributed by atoms with Crippen LogP contribution in [0.4, 0.5) is 0 Å². The number of halogens is 1. The highest BCUT2D eigenvalue weighted by Gasteiger charge is 1.97. The summed E-state index contributed by atoms with van der Waals surface area (Å²) in [4.78, 5) is 0. The Hall–Kier alpha value is -0.750. The average molecular weight is 216 g/mol. The van der Waals surface area contributed by atoms with E-state index < -0.39 is 0 Å². The third-order valence-electron chi connectivity index (χ3n) is 1.08. The zero-order chi connectivity index (χ0) is 8.85. The predicted molar refractivity (Wildman–Crippen MR) is 48.2 cm³/mol. The Labute approximate surface area is 75.0 Å². The summed E-state index contributed by atoms with van der Waals surface area (Å²) in [6.45, 7) is 3.47. The lowest BCUT2D eigenvalue weighted by atomic mass is 10.2. The van der Waals surface area contributed by atoms with Gasteiger partial charge in [0, 0.05) is 4.48 Å². The first kappa shape index (κ1) is 10.2. The maximum absolute atomic E-state index is 8.85. The quantitative estimate of drug-likeness (QED) is 0.438. The van der Waals surface area contributed by atoms with Gasteiger partial charge in [0.25, 0.3) is 0 Å². The fourth-order valence-electron chi connectivity index (χ4n) is 0.571. The number of rotatable bonds is 2. The van der Waals surface area contributed by atoms with Crippen molar-refractivity contribution in [2.45, 2.75) is 20.3 Å². The van der Waals surface area contributed by atoms with Crippen LogP contribution in [0.25, 0.3) is 0 Å². The normalized spacial score (nSPS) is 13.8. The van der Waals surface area contributed by atoms with Crippen molar-refractivity contribution in [3.8, 4) is 6.07 Å². The van der Waals surface area contributed by atoms with Crippen LogP contribution in [0.3, 0.4) is 0 Å². The van der Waals surface area contributed by atoms with Crippen LogP contribution in [0.2, 0.25) is 0 Å². The van der Waals surface area contributed by atoms with Gasteiger partial charge in [-0.3, -0.25) is 0 Å². The van der Waals surface area contributed by atoms with Crippen molar-refractivity contribution in [2.24, 2.45) is 0 Å². The Morgan fingerprint density at radius 1 is 1.73 bits per heavy atom. The van der Waals surface area contributed by atoms with Gasteiger partial charge in [0.1, 0.15) is 6.07 Å². The molecular formula is C8H10BrNO. The molecule has 0 aliphatic rings. The molecule has 0 heterocycles. The second-order valence-electron chi connectivity index (χ2n) is 2.07. The number of nitriles is 1. The van der Waals surface area contributed by atoms with Gasteiger partial charge in [0.05, 0.1) is 11.3 Å². The molecule has 0 saturated carbocycles. The zero-order valence-corrected chi connectivity index (χ0v) is 8.14. The minimum absolute atomic E-state index is 0.145. The van der Waals surface area contributed by atoms with Crippen LogP contribution >= 0.6 is 15.9 Å². The SMILES string of the molecule is CC/C(Br)=C(C#N)\C=C(/C)O. The number of hydrogen-bond donors (Lipinski definition) is 1. The van der Waals surface area contributed by atoms with E-state index >= 15 is 0 Å². The topological polar surface area (TPSA) is 44.0 Å². The molecule has 0 saturated heterocycles. The summed E-state index contributed by atoms with van der Waals surface area (Å²) in [5, 5.41) is 17.4. The number of aliphatic hydroxyl groups is 1. The van der Waals surface area contributed by atoms with E-state index in [0.717, 1.165) is 10.9 Å². The molecule has 0 fully saturated rings. The van der Waals surface area contributed by atoms with E-state index in [4.69, 9.17) is 10.4 Å². The van der Waals surface area contributed by atoms with E-state index in [1.165, 1.54) is 13.0 Å². The summed E-state index contributed by atoms with van der Waals surface area (Å²) >= 11 is 3.23. The Morgan fingerprint density at radius 3 is 2.55 bits per heavy atom. The molecule has 0 bridgehead atoms. The molecule has 0 aliphatic carbocycles. The van der Waals surface area contributed by atoms with Gasteiger partial charge in [0.2, 0.25) is 0 Å². The van der Waals surface area contributed by atoms with Crippen molar-refractivity contribution in [1.29, 1.82) is 5.26 Å². The molecule has 0 rings (SSSR count). The molecule has 0 aromatic heterocycles. The van der Waals surface area contributed by atoms with Gasteiger partial charge in [-0.25, -0.2) is 0 Å². The molecule has 0 amide bonds. The molecule has 2 nitrogen and oxygen atoms in total. The Balaban J connectivity index is 4.71. The minimum Gasteiger partial charge on any atom is -0.513 e. The third kappa shape index (κ3) is 3.84. The highest BCUT2D eigenvalue weighted by molar-refractivity contribution is 9.11. The summed E-state index contributed by atoms with van der Waals surface area (Å²) in [6, 6.07) is 1.98. The smallest absolute Gasteiger partial charge is 0.100 e. The van der Waals surface area contributed by atoms with Crippen molar-refractivity contribution in [3.05, 3.63) is 21.9 Å². The monoisotopic (exact) mass is 215 g/mol. The Morgan fingerprint density at radius 2 is 2.27 bits per heavy atom. The maximum atomic E-state index is 8.85. The fraction of sp³-hybridized carbons (Fsp3) is 0.375. The molecule has 0 radical (unpaired) electrons. The first-order valence-electron chi connectivity index (χ1n) is 3.27. The molecule has 11 heavy (non-hydrogen) atoms. The highest BCUT2D eigenvalue weighted by Crippen LogP contribution is 2.16. The van der Waals surface area contributed by atoms with Crippen molar-refractivity contribution in [2.75, 3.05) is 0 Å². The molecule has 60 valence electrons. The van der Waals surface area contributed by atoms with E-state index in [0.29, 0.717) is 5.57 Å². The molecule has 0 aromatic rings. The van der Waals surface area contributed by atoms with Crippen molar-refractivity contribution in [1.82, 2.24) is 0 Å². The van der Waals surface area contributed by atoms with E-state index in [-0.39, 0.29) is 5.76 Å². The summed E-state index contributed by atoms with van der Waals surface area (Å²) < 4.78 is 0.813. The van der Waals surface area contributed by atoms with Crippen LogP contribution < -0.4 is 0 Å². The van der Waals surface area contributed by atoms with Gasteiger partial charge in [-0.1, -0.05) is 22.9 Å². The van der Waals surface area contributed by atoms with Gasteiger partial charge in [-0.15, -0.1) is 0 Å². The lowest BCUT2D eigenvalue weighted by Gasteiger charge is -1.94. The predicted octanol–water partition coefficient (Wildman–Crippen LogP) is 3.03. The van der Waals surface area contributed by atoms with Crippen LogP contribution in [-0.2, 0) is 0 Å². The van der Waals surface area contributed by atoms with Crippen molar-refractivity contribution in [3.63, 3.8) is 0 Å². The maximum Gasteiger partial charge on any atom is 0.100 e. The lowest BCUT2D eigenvalue weighted by Crippen LogP contribution is -1.80. The van der Waals surface area contributed by atoms with E-state index in [2.05, 4.69) is 15.9 Å². The third-order valence-corrected chi connectivity index (χ3v) is 2.06. The van der Waals surface area contributed by atoms with E-state index in [1.807, 2.05) is 13.0 Å². The molecule has 0 aromatic carbocycles. The minimum atomic E-state index is 0.145. The second kappa shape index (κ2) is 4.97. The summed E-state index contributed by atoms with van der Waals surface area (Å²) in [5.74, 6) is 0.145. The highest BCUT2D eigenvalue weighted by atomic mass is 79.9. The molecule has 0 unspecified atom stereocenters. The number of hydrogen-bond acceptors (Lipinski definition) is 2. The summed E-state index contributed by atoms with van der Waals surface area (Å²) in [7, 11) is 0. The van der Waals surface area contributed by atoms with Gasteiger partial charge < -0.3 is 5.11 Å². The molecular weight excluding hydrogens is 206 g/mol. The lowest BCUT2D eigenvalue weighted by molar-refractivity contribution is 0.414. The van der Waals surface area contributed by atoms with Crippen LogP contribution in [0.5, 0.6) is 0 Å². The number of allylic oxidation sites excluding steroid dienone is 4. The molecule has 3 heteroatoms. The number of nitrogens with zero attached hydrogens (tertiary/aromatic N) is 1. The molecule has 0 spiro atoms. The van der Waals surface area contributed by atoms with Gasteiger partial charge in [-0.2, -0.15) is 5.26 Å². The summed E-state index contributed by atoms with van der Waals surface area (Å²) in [6.07, 6.45) is 2.19.